The molecule has 4 heteroatoms. The number of aliphatic hydroxyl groups excluding tert-OH is 2. The van der Waals surface area contributed by atoms with E-state index < -0.39 is 20.5 Å². The van der Waals surface area contributed by atoms with Gasteiger partial charge >= 0.3 is 0 Å². The molecular weight excluding hydrogens is 508 g/mol. The molecule has 0 aliphatic heterocycles. The summed E-state index contributed by atoms with van der Waals surface area (Å²) in [5.74, 6) is -0.260. The van der Waals surface area contributed by atoms with Crippen LogP contribution in [-0.2, 0) is 4.43 Å². The molecule has 4 atom stereocenters. The molecule has 226 valence electrons. The number of hydrogen-bond acceptors (Lipinski definition) is 3. The molecule has 3 nitrogen and oxygen atoms in total. The van der Waals surface area contributed by atoms with Gasteiger partial charge < -0.3 is 14.6 Å². The van der Waals surface area contributed by atoms with E-state index in [4.69, 9.17) is 4.43 Å². The van der Waals surface area contributed by atoms with Crippen LogP contribution in [0, 0.1) is 11.8 Å². The van der Waals surface area contributed by atoms with Crippen molar-refractivity contribution in [2.45, 2.75) is 136 Å². The highest BCUT2D eigenvalue weighted by Crippen LogP contribution is 2.37. The molecule has 0 aromatic heterocycles. The molecule has 2 rings (SSSR count). The van der Waals surface area contributed by atoms with Crippen molar-refractivity contribution in [2.24, 2.45) is 11.8 Å². The van der Waals surface area contributed by atoms with Crippen molar-refractivity contribution in [3.8, 4) is 0 Å². The molecule has 0 heterocycles. The van der Waals surface area contributed by atoms with Gasteiger partial charge in [-0.05, 0) is 21.8 Å². The Bertz CT molecular complexity index is 856. The zero-order chi connectivity index (χ0) is 29.4. The Labute approximate surface area is 247 Å². The maximum Gasteiger partial charge on any atom is 0.261 e. The zero-order valence-corrected chi connectivity index (χ0v) is 27.6. The summed E-state index contributed by atoms with van der Waals surface area (Å²) in [5.41, 5.74) is 0. The van der Waals surface area contributed by atoms with E-state index >= 15 is 0 Å². The van der Waals surface area contributed by atoms with Crippen LogP contribution in [0.15, 0.2) is 60.7 Å². The smallest absolute Gasteiger partial charge is 0.261 e. The highest BCUT2D eigenvalue weighted by atomic mass is 28.4. The first kappa shape index (κ1) is 34.7. The van der Waals surface area contributed by atoms with Crippen LogP contribution in [0.3, 0.4) is 0 Å². The standard InChI is InChI=1S/C36H60O3Si/c1-7-8-9-10-11-12-13-14-15-16-23-28-34(37)31(3)35(38)30(2)29-39-40(36(4,5)6,32-24-19-17-20-25-32)33-26-21-18-22-27-33/h17-22,24-27,30-31,34-35,37-38H,7-16,23,28-29H2,1-6H3/t30-,31-,34+,35-/m0/s1. The van der Waals surface area contributed by atoms with Crippen molar-refractivity contribution in [3.05, 3.63) is 60.7 Å². The molecule has 40 heavy (non-hydrogen) atoms. The van der Waals surface area contributed by atoms with Gasteiger partial charge in [-0.25, -0.2) is 0 Å². The molecule has 0 spiro atoms. The Morgan fingerprint density at radius 3 is 1.52 bits per heavy atom. The fourth-order valence-electron chi connectivity index (χ4n) is 6.14. The lowest BCUT2D eigenvalue weighted by Crippen LogP contribution is -2.67. The first-order valence-corrected chi connectivity index (χ1v) is 18.2. The Morgan fingerprint density at radius 2 is 1.10 bits per heavy atom. The van der Waals surface area contributed by atoms with Gasteiger partial charge in [-0.15, -0.1) is 0 Å². The molecular formula is C36H60O3Si. The number of rotatable bonds is 20. The third kappa shape index (κ3) is 10.4. The van der Waals surface area contributed by atoms with Crippen LogP contribution < -0.4 is 10.4 Å². The third-order valence-corrected chi connectivity index (χ3v) is 13.8. The minimum atomic E-state index is -2.64. The Balaban J connectivity index is 1.88. The second-order valence-corrected chi connectivity index (χ2v) is 17.5. The summed E-state index contributed by atoms with van der Waals surface area (Å²) >= 11 is 0. The molecule has 0 bridgehead atoms. The van der Waals surface area contributed by atoms with Gasteiger partial charge in [0.25, 0.3) is 8.32 Å². The van der Waals surface area contributed by atoms with E-state index in [1.54, 1.807) is 0 Å². The summed E-state index contributed by atoms with van der Waals surface area (Å²) in [6, 6.07) is 21.3. The second-order valence-electron chi connectivity index (χ2n) is 13.2. The quantitative estimate of drug-likeness (QED) is 0.125. The topological polar surface area (TPSA) is 49.7 Å². The van der Waals surface area contributed by atoms with E-state index in [0.29, 0.717) is 6.61 Å². The van der Waals surface area contributed by atoms with Gasteiger partial charge in [0.15, 0.2) is 0 Å². The molecule has 2 N–H and O–H groups in total. The number of hydrogen-bond donors (Lipinski definition) is 2. The van der Waals surface area contributed by atoms with Crippen molar-refractivity contribution < 1.29 is 14.6 Å². The van der Waals surface area contributed by atoms with E-state index in [9.17, 15) is 10.2 Å². The number of unbranched alkanes of at least 4 members (excludes halogenated alkanes) is 10. The van der Waals surface area contributed by atoms with Crippen LogP contribution in [0.4, 0.5) is 0 Å². The molecule has 2 aromatic rings. The van der Waals surface area contributed by atoms with Crippen LogP contribution in [0.2, 0.25) is 5.04 Å². The average Bonchev–Trinajstić information content (AvgIpc) is 2.95. The van der Waals surface area contributed by atoms with E-state index in [0.717, 1.165) is 12.8 Å². The SMILES string of the molecule is CCCCCCCCCCCCC[C@@H](O)[C@H](C)[C@@H](O)[C@@H](C)CO[Si](c1ccccc1)(c1ccccc1)C(C)(C)C. The van der Waals surface area contributed by atoms with Gasteiger partial charge in [0.05, 0.1) is 12.2 Å². The van der Waals surface area contributed by atoms with Crippen molar-refractivity contribution in [3.63, 3.8) is 0 Å². The van der Waals surface area contributed by atoms with Gasteiger partial charge in [-0.1, -0.05) is 173 Å². The summed E-state index contributed by atoms with van der Waals surface area (Å²) in [6.07, 6.45) is 14.0. The molecule has 0 aliphatic rings. The van der Waals surface area contributed by atoms with Crippen LogP contribution in [0.1, 0.15) is 119 Å². The van der Waals surface area contributed by atoms with Crippen molar-refractivity contribution in [2.75, 3.05) is 6.61 Å². The molecule has 0 amide bonds. The molecule has 0 radical (unpaired) electrons. The molecule has 0 fully saturated rings. The maximum absolute atomic E-state index is 11.2. The van der Waals surface area contributed by atoms with Crippen LogP contribution >= 0.6 is 0 Å². The fraction of sp³-hybridized carbons (Fsp3) is 0.667. The van der Waals surface area contributed by atoms with Crippen molar-refractivity contribution in [1.29, 1.82) is 0 Å². The fourth-order valence-corrected chi connectivity index (χ4v) is 10.8. The first-order valence-electron chi connectivity index (χ1n) is 16.3. The van der Waals surface area contributed by atoms with Gasteiger partial charge in [-0.2, -0.15) is 0 Å². The average molecular weight is 569 g/mol. The lowest BCUT2D eigenvalue weighted by atomic mass is 9.87. The van der Waals surface area contributed by atoms with E-state index in [2.05, 4.69) is 95.3 Å². The molecule has 0 aliphatic carbocycles. The van der Waals surface area contributed by atoms with Crippen molar-refractivity contribution in [1.82, 2.24) is 0 Å². The van der Waals surface area contributed by atoms with Crippen LogP contribution in [-0.4, -0.2) is 37.3 Å². The summed E-state index contributed by atoms with van der Waals surface area (Å²) in [5, 5.41) is 24.6. The number of benzene rings is 2. The van der Waals surface area contributed by atoms with Gasteiger partial charge in [-0.3, -0.25) is 0 Å². The van der Waals surface area contributed by atoms with Crippen LogP contribution in [0.5, 0.6) is 0 Å². The minimum Gasteiger partial charge on any atom is -0.407 e. The maximum atomic E-state index is 11.2. The zero-order valence-electron chi connectivity index (χ0n) is 26.6. The normalized spacial score (nSPS) is 15.5. The van der Waals surface area contributed by atoms with E-state index in [1.165, 1.54) is 74.6 Å². The first-order chi connectivity index (χ1) is 19.1. The van der Waals surface area contributed by atoms with Gasteiger partial charge in [0, 0.05) is 18.4 Å². The largest absolute Gasteiger partial charge is 0.407 e. The minimum absolute atomic E-state index is 0.0800. The van der Waals surface area contributed by atoms with Crippen LogP contribution in [0.25, 0.3) is 0 Å². The predicted octanol–water partition coefficient (Wildman–Crippen LogP) is 8.26. The summed E-state index contributed by atoms with van der Waals surface area (Å²) in [4.78, 5) is 0. The Kier molecular flexibility index (Phi) is 15.8. The molecule has 0 saturated heterocycles. The summed E-state index contributed by atoms with van der Waals surface area (Å²) in [7, 11) is -2.64. The van der Waals surface area contributed by atoms with Crippen molar-refractivity contribution >= 4 is 18.7 Å². The highest BCUT2D eigenvalue weighted by Gasteiger charge is 2.50. The highest BCUT2D eigenvalue weighted by molar-refractivity contribution is 6.99. The third-order valence-electron chi connectivity index (χ3n) is 8.81. The van der Waals surface area contributed by atoms with Gasteiger partial charge in [0.2, 0.25) is 0 Å². The monoisotopic (exact) mass is 568 g/mol. The number of aliphatic hydroxyl groups is 2. The summed E-state index contributed by atoms with van der Waals surface area (Å²) < 4.78 is 7.05. The summed E-state index contributed by atoms with van der Waals surface area (Å²) in [6.45, 7) is 13.6. The predicted molar refractivity (Wildman–Crippen MR) is 175 cm³/mol. The molecule has 0 unspecified atom stereocenters. The Morgan fingerprint density at radius 1 is 0.675 bits per heavy atom. The lowest BCUT2D eigenvalue weighted by molar-refractivity contribution is -0.0209. The Hall–Kier alpha value is -1.46. The lowest BCUT2D eigenvalue weighted by Gasteiger charge is -2.44. The molecule has 2 aromatic carbocycles. The second kappa shape index (κ2) is 18.2. The van der Waals surface area contributed by atoms with E-state index in [-0.39, 0.29) is 16.9 Å². The molecule has 0 saturated carbocycles. The van der Waals surface area contributed by atoms with Gasteiger partial charge in [0.1, 0.15) is 0 Å². The van der Waals surface area contributed by atoms with E-state index in [1.807, 2.05) is 6.92 Å².